The molecule has 0 aliphatic carbocycles. The lowest BCUT2D eigenvalue weighted by atomic mass is 9.98. The molecule has 1 saturated heterocycles. The van der Waals surface area contributed by atoms with E-state index < -0.39 is 0 Å². The van der Waals surface area contributed by atoms with E-state index in [4.69, 9.17) is 0 Å². The maximum absolute atomic E-state index is 9.85. The first-order valence-electron chi connectivity index (χ1n) is 9.54. The van der Waals surface area contributed by atoms with Crippen molar-refractivity contribution < 1.29 is 5.11 Å². The van der Waals surface area contributed by atoms with Crippen molar-refractivity contribution in [2.45, 2.75) is 39.3 Å². The number of nitrogens with zero attached hydrogens (tertiary/aromatic N) is 3. The fraction of sp³-hybridized carbons (Fsp3) is 0.364. The largest absolute Gasteiger partial charge is 0.391 e. The zero-order valence-corrected chi connectivity index (χ0v) is 16.1. The number of rotatable bonds is 4. The van der Waals surface area contributed by atoms with Gasteiger partial charge in [-0.15, -0.1) is 5.10 Å². The van der Waals surface area contributed by atoms with Crippen molar-refractivity contribution in [2.24, 2.45) is 0 Å². The first kappa shape index (κ1) is 17.7. The highest BCUT2D eigenvalue weighted by Gasteiger charge is 2.21. The predicted octanol–water partition coefficient (Wildman–Crippen LogP) is 3.99. The quantitative estimate of drug-likeness (QED) is 0.735. The van der Waals surface area contributed by atoms with Crippen molar-refractivity contribution in [3.63, 3.8) is 0 Å². The molecular formula is C22H26N4O. The van der Waals surface area contributed by atoms with Crippen molar-refractivity contribution in [3.8, 4) is 0 Å². The maximum atomic E-state index is 9.85. The van der Waals surface area contributed by atoms with Crippen LogP contribution in [-0.4, -0.2) is 34.5 Å². The molecule has 0 spiro atoms. The highest BCUT2D eigenvalue weighted by Crippen LogP contribution is 2.30. The number of hydrogen-bond donors (Lipinski definition) is 2. The zero-order valence-electron chi connectivity index (χ0n) is 16.1. The smallest absolute Gasteiger partial charge is 0.157 e. The van der Waals surface area contributed by atoms with Gasteiger partial charge >= 0.3 is 0 Å². The van der Waals surface area contributed by atoms with Crippen LogP contribution in [0.25, 0.3) is 10.8 Å². The number of hydrogen-bond acceptors (Lipinski definition) is 5. The number of aryl methyl sites for hydroxylation is 1. The van der Waals surface area contributed by atoms with Gasteiger partial charge in [0.25, 0.3) is 0 Å². The number of fused-ring (bicyclic) bond motifs is 1. The van der Waals surface area contributed by atoms with Crippen LogP contribution in [0.2, 0.25) is 0 Å². The van der Waals surface area contributed by atoms with Gasteiger partial charge in [0.1, 0.15) is 0 Å². The van der Waals surface area contributed by atoms with Gasteiger partial charge in [-0.05, 0) is 56.0 Å². The molecule has 3 aromatic rings. The van der Waals surface area contributed by atoms with Crippen molar-refractivity contribution in [1.82, 2.24) is 10.2 Å². The maximum Gasteiger partial charge on any atom is 0.157 e. The van der Waals surface area contributed by atoms with Gasteiger partial charge in [0.15, 0.2) is 5.82 Å². The molecule has 1 aromatic heterocycles. The first-order valence-corrected chi connectivity index (χ1v) is 9.54. The van der Waals surface area contributed by atoms with E-state index in [2.05, 4.69) is 77.6 Å². The molecule has 5 heteroatoms. The van der Waals surface area contributed by atoms with Crippen LogP contribution in [0.3, 0.4) is 0 Å². The van der Waals surface area contributed by atoms with Crippen molar-refractivity contribution in [1.29, 1.82) is 0 Å². The molecule has 27 heavy (non-hydrogen) atoms. The van der Waals surface area contributed by atoms with Gasteiger partial charge in [-0.25, -0.2) is 0 Å². The van der Waals surface area contributed by atoms with E-state index in [0.29, 0.717) is 6.54 Å². The van der Waals surface area contributed by atoms with E-state index in [-0.39, 0.29) is 12.1 Å². The Morgan fingerprint density at radius 2 is 2.07 bits per heavy atom. The topological polar surface area (TPSA) is 61.3 Å². The normalized spacial score (nSPS) is 18.1. The summed E-state index contributed by atoms with van der Waals surface area (Å²) in [7, 11) is 0. The highest BCUT2D eigenvalue weighted by atomic mass is 16.3. The van der Waals surface area contributed by atoms with E-state index in [1.807, 2.05) is 0 Å². The molecule has 0 radical (unpaired) electrons. The molecule has 1 fully saturated rings. The van der Waals surface area contributed by atoms with Crippen molar-refractivity contribution in [3.05, 3.63) is 59.3 Å². The Kier molecular flexibility index (Phi) is 4.70. The predicted molar refractivity (Wildman–Crippen MR) is 110 cm³/mol. The average Bonchev–Trinajstić information content (AvgIpc) is 3.10. The molecule has 5 nitrogen and oxygen atoms in total. The van der Waals surface area contributed by atoms with Crippen LogP contribution in [-0.2, 0) is 0 Å². The highest BCUT2D eigenvalue weighted by molar-refractivity contribution is 5.93. The van der Waals surface area contributed by atoms with Gasteiger partial charge in [-0.2, -0.15) is 5.10 Å². The molecule has 2 heterocycles. The van der Waals surface area contributed by atoms with Crippen molar-refractivity contribution >= 4 is 22.3 Å². The molecule has 1 aliphatic rings. The summed E-state index contributed by atoms with van der Waals surface area (Å²) in [4.78, 5) is 2.22. The standard InChI is InChI=1S/C22H26N4O/c1-14-5-4-6-20(15(14)2)16(3)24-22-21-11-18(26-10-9-19(27)13-26)8-7-17(21)12-23-25-22/h4-8,11-12,16,19,27H,9-10,13H2,1-3H3,(H,24,25)/t16-,19-/m1/s1. The molecule has 0 saturated carbocycles. The van der Waals surface area contributed by atoms with Crippen LogP contribution in [0.15, 0.2) is 42.6 Å². The average molecular weight is 362 g/mol. The Bertz CT molecular complexity index is 972. The summed E-state index contributed by atoms with van der Waals surface area (Å²) in [6.07, 6.45) is 2.38. The molecular weight excluding hydrogens is 336 g/mol. The monoisotopic (exact) mass is 362 g/mol. The summed E-state index contributed by atoms with van der Waals surface area (Å²) >= 11 is 0. The van der Waals surface area contributed by atoms with Crippen LogP contribution in [0.5, 0.6) is 0 Å². The van der Waals surface area contributed by atoms with Crippen LogP contribution in [0.4, 0.5) is 11.5 Å². The van der Waals surface area contributed by atoms with E-state index in [1.54, 1.807) is 6.20 Å². The molecule has 4 rings (SSSR count). The molecule has 2 aromatic carbocycles. The Morgan fingerprint density at radius 3 is 2.85 bits per heavy atom. The number of aliphatic hydroxyl groups is 1. The van der Waals surface area contributed by atoms with Gasteiger partial charge in [-0.1, -0.05) is 24.3 Å². The minimum absolute atomic E-state index is 0.127. The Balaban J connectivity index is 1.67. The third-order valence-electron chi connectivity index (χ3n) is 5.64. The third kappa shape index (κ3) is 3.47. The van der Waals surface area contributed by atoms with Gasteiger partial charge < -0.3 is 15.3 Å². The SMILES string of the molecule is Cc1cccc([C@@H](C)Nc2nncc3ccc(N4CC[C@@H](O)C4)cc23)c1C. The molecule has 2 atom stereocenters. The van der Waals surface area contributed by atoms with Gasteiger partial charge in [0.2, 0.25) is 0 Å². The summed E-state index contributed by atoms with van der Waals surface area (Å²) in [5.41, 5.74) is 4.99. The number of aromatic nitrogens is 2. The summed E-state index contributed by atoms with van der Waals surface area (Å²) < 4.78 is 0. The van der Waals surface area contributed by atoms with E-state index in [0.717, 1.165) is 35.2 Å². The lowest BCUT2D eigenvalue weighted by Crippen LogP contribution is -2.21. The zero-order chi connectivity index (χ0) is 19.0. The molecule has 0 bridgehead atoms. The molecule has 0 amide bonds. The summed E-state index contributed by atoms with van der Waals surface area (Å²) in [5, 5.41) is 24.1. The fourth-order valence-corrected chi connectivity index (χ4v) is 3.87. The number of anilines is 2. The van der Waals surface area contributed by atoms with Gasteiger partial charge in [0.05, 0.1) is 18.3 Å². The molecule has 1 aliphatic heterocycles. The lowest BCUT2D eigenvalue weighted by Gasteiger charge is -2.21. The Labute approximate surface area is 160 Å². The number of β-amino-alcohol motifs (C(OH)–C–C–N with tert-alkyl or cyclic N) is 1. The Morgan fingerprint density at radius 1 is 1.22 bits per heavy atom. The second kappa shape index (κ2) is 7.16. The summed E-state index contributed by atoms with van der Waals surface area (Å²) in [5.74, 6) is 0.794. The third-order valence-corrected chi connectivity index (χ3v) is 5.64. The number of nitrogens with one attached hydrogen (secondary N) is 1. The summed E-state index contributed by atoms with van der Waals surface area (Å²) in [6.45, 7) is 8.02. The summed E-state index contributed by atoms with van der Waals surface area (Å²) in [6, 6.07) is 12.9. The minimum atomic E-state index is -0.238. The molecule has 140 valence electrons. The first-order chi connectivity index (χ1) is 13.0. The minimum Gasteiger partial charge on any atom is -0.391 e. The van der Waals surface area contributed by atoms with Crippen molar-refractivity contribution in [2.75, 3.05) is 23.3 Å². The second-order valence-electron chi connectivity index (χ2n) is 7.51. The van der Waals surface area contributed by atoms with Crippen LogP contribution in [0.1, 0.15) is 36.1 Å². The van der Waals surface area contributed by atoms with Crippen LogP contribution >= 0.6 is 0 Å². The Hall–Kier alpha value is -2.66. The van der Waals surface area contributed by atoms with E-state index >= 15 is 0 Å². The lowest BCUT2D eigenvalue weighted by molar-refractivity contribution is 0.198. The van der Waals surface area contributed by atoms with Crippen LogP contribution in [0, 0.1) is 13.8 Å². The number of aliphatic hydroxyl groups excluding tert-OH is 1. The van der Waals surface area contributed by atoms with E-state index in [1.165, 1.54) is 16.7 Å². The fourth-order valence-electron chi connectivity index (χ4n) is 3.87. The van der Waals surface area contributed by atoms with Crippen LogP contribution < -0.4 is 10.2 Å². The van der Waals surface area contributed by atoms with Gasteiger partial charge in [-0.3, -0.25) is 0 Å². The number of benzene rings is 2. The molecule has 0 unspecified atom stereocenters. The van der Waals surface area contributed by atoms with Gasteiger partial charge in [0, 0.05) is 29.5 Å². The second-order valence-corrected chi connectivity index (χ2v) is 7.51. The van der Waals surface area contributed by atoms with E-state index in [9.17, 15) is 5.11 Å². The molecule has 2 N–H and O–H groups in total.